The molecule has 0 radical (unpaired) electrons. The second kappa shape index (κ2) is 4.65. The Hall–Kier alpha value is -1.36. The van der Waals surface area contributed by atoms with E-state index in [2.05, 4.69) is 0 Å². The monoisotopic (exact) mass is 239 g/mol. The number of rotatable bonds is 2. The highest BCUT2D eigenvalue weighted by Crippen LogP contribution is 2.20. The predicted molar refractivity (Wildman–Crippen MR) is 60.6 cm³/mol. The van der Waals surface area contributed by atoms with Gasteiger partial charge in [-0.2, -0.15) is 0 Å². The predicted octanol–water partition coefficient (Wildman–Crippen LogP) is 1.68. The molecule has 0 saturated carbocycles. The number of hydrogen-bond acceptors (Lipinski definition) is 3. The van der Waals surface area contributed by atoms with E-state index in [1.807, 2.05) is 11.4 Å². The second-order valence-corrected chi connectivity index (χ2v) is 4.85. The minimum absolute atomic E-state index is 0.0408. The van der Waals surface area contributed by atoms with Gasteiger partial charge in [-0.3, -0.25) is 9.59 Å². The minimum atomic E-state index is -0.802. The van der Waals surface area contributed by atoms with E-state index >= 15 is 0 Å². The summed E-state index contributed by atoms with van der Waals surface area (Å²) in [4.78, 5) is 25.2. The van der Waals surface area contributed by atoms with E-state index in [1.165, 1.54) is 11.3 Å². The second-order valence-electron chi connectivity index (χ2n) is 3.91. The maximum absolute atomic E-state index is 12.0. The van der Waals surface area contributed by atoms with Crippen molar-refractivity contribution in [1.29, 1.82) is 0 Å². The molecule has 0 spiro atoms. The van der Waals surface area contributed by atoms with Gasteiger partial charge in [0.2, 0.25) is 0 Å². The van der Waals surface area contributed by atoms with Gasteiger partial charge >= 0.3 is 5.97 Å². The van der Waals surface area contributed by atoms with Gasteiger partial charge in [0.15, 0.2) is 0 Å². The van der Waals surface area contributed by atoms with Crippen molar-refractivity contribution < 1.29 is 14.7 Å². The molecule has 2 rings (SSSR count). The maximum atomic E-state index is 12.0. The molecule has 1 aliphatic rings. The first-order valence-corrected chi connectivity index (χ1v) is 6.12. The number of piperidine rings is 1. The number of carboxylic acid groups (broad SMARTS) is 1. The summed E-state index contributed by atoms with van der Waals surface area (Å²) >= 11 is 1.40. The molecule has 5 heteroatoms. The third-order valence-electron chi connectivity index (χ3n) is 2.79. The van der Waals surface area contributed by atoms with Crippen LogP contribution in [0.3, 0.4) is 0 Å². The average molecular weight is 239 g/mol. The van der Waals surface area contributed by atoms with Gasteiger partial charge in [0.25, 0.3) is 5.91 Å². The number of carbonyl (C=O) groups excluding carboxylic acids is 1. The Balaban J connectivity index is 2.05. The third-order valence-corrected chi connectivity index (χ3v) is 3.65. The minimum Gasteiger partial charge on any atom is -0.481 e. The lowest BCUT2D eigenvalue weighted by Crippen LogP contribution is -2.42. The van der Waals surface area contributed by atoms with Crippen LogP contribution < -0.4 is 0 Å². The van der Waals surface area contributed by atoms with E-state index in [1.54, 1.807) is 11.0 Å². The maximum Gasteiger partial charge on any atom is 0.308 e. The normalized spacial score (nSPS) is 20.8. The number of nitrogens with zero attached hydrogens (tertiary/aromatic N) is 1. The Labute approximate surface area is 97.5 Å². The Kier molecular flexibility index (Phi) is 3.24. The Morgan fingerprint density at radius 2 is 2.31 bits per heavy atom. The summed E-state index contributed by atoms with van der Waals surface area (Å²) in [5.41, 5.74) is 0. The van der Waals surface area contributed by atoms with Crippen molar-refractivity contribution in [1.82, 2.24) is 4.90 Å². The van der Waals surface area contributed by atoms with Gasteiger partial charge in [-0.15, -0.1) is 11.3 Å². The zero-order valence-electron chi connectivity index (χ0n) is 8.76. The van der Waals surface area contributed by atoms with Gasteiger partial charge in [0.05, 0.1) is 10.8 Å². The number of thiophene rings is 1. The van der Waals surface area contributed by atoms with Crippen LogP contribution in [0.15, 0.2) is 17.5 Å². The van der Waals surface area contributed by atoms with Crippen molar-refractivity contribution in [2.24, 2.45) is 5.92 Å². The van der Waals surface area contributed by atoms with Crippen molar-refractivity contribution in [3.63, 3.8) is 0 Å². The first kappa shape index (κ1) is 11.1. The summed E-state index contributed by atoms with van der Waals surface area (Å²) < 4.78 is 0. The number of likely N-dealkylation sites (tertiary alicyclic amines) is 1. The first-order chi connectivity index (χ1) is 7.68. The lowest BCUT2D eigenvalue weighted by atomic mass is 9.98. The quantitative estimate of drug-likeness (QED) is 0.854. The molecule has 1 aromatic heterocycles. The van der Waals surface area contributed by atoms with Gasteiger partial charge in [0, 0.05) is 13.1 Å². The highest BCUT2D eigenvalue weighted by atomic mass is 32.1. The van der Waals surface area contributed by atoms with Gasteiger partial charge in [-0.25, -0.2) is 0 Å². The van der Waals surface area contributed by atoms with Gasteiger partial charge < -0.3 is 10.0 Å². The van der Waals surface area contributed by atoms with E-state index in [-0.39, 0.29) is 5.91 Å². The van der Waals surface area contributed by atoms with Crippen LogP contribution in [0.25, 0.3) is 0 Å². The van der Waals surface area contributed by atoms with Crippen molar-refractivity contribution in [3.05, 3.63) is 22.4 Å². The molecular formula is C11H13NO3S. The lowest BCUT2D eigenvalue weighted by Gasteiger charge is -2.30. The summed E-state index contributed by atoms with van der Waals surface area (Å²) in [6.45, 7) is 1.01. The Morgan fingerprint density at radius 3 is 2.94 bits per heavy atom. The summed E-state index contributed by atoms with van der Waals surface area (Å²) in [6.07, 6.45) is 1.44. The van der Waals surface area contributed by atoms with Gasteiger partial charge in [-0.1, -0.05) is 6.07 Å². The van der Waals surface area contributed by atoms with Crippen LogP contribution in [-0.4, -0.2) is 35.0 Å². The smallest absolute Gasteiger partial charge is 0.308 e. The van der Waals surface area contributed by atoms with Crippen LogP contribution in [0.2, 0.25) is 0 Å². The van der Waals surface area contributed by atoms with Crippen LogP contribution in [0.1, 0.15) is 22.5 Å². The molecule has 0 aromatic carbocycles. The fraction of sp³-hybridized carbons (Fsp3) is 0.455. The molecule has 4 nitrogen and oxygen atoms in total. The van der Waals surface area contributed by atoms with Crippen LogP contribution in [0.4, 0.5) is 0 Å². The molecule has 2 heterocycles. The van der Waals surface area contributed by atoms with Crippen LogP contribution in [0, 0.1) is 5.92 Å². The number of hydrogen-bond donors (Lipinski definition) is 1. The molecule has 1 aromatic rings. The molecular weight excluding hydrogens is 226 g/mol. The van der Waals surface area contributed by atoms with E-state index in [4.69, 9.17) is 5.11 Å². The van der Waals surface area contributed by atoms with Crippen LogP contribution in [0.5, 0.6) is 0 Å². The van der Waals surface area contributed by atoms with E-state index in [0.717, 1.165) is 6.42 Å². The molecule has 86 valence electrons. The molecule has 0 unspecified atom stereocenters. The van der Waals surface area contributed by atoms with Crippen molar-refractivity contribution in [2.75, 3.05) is 13.1 Å². The average Bonchev–Trinajstić information content (AvgIpc) is 2.81. The molecule has 1 amide bonds. The number of amides is 1. The third kappa shape index (κ3) is 2.24. The summed E-state index contributed by atoms with van der Waals surface area (Å²) in [6, 6.07) is 3.61. The first-order valence-electron chi connectivity index (χ1n) is 5.24. The van der Waals surface area contributed by atoms with Gasteiger partial charge in [-0.05, 0) is 24.3 Å². The lowest BCUT2D eigenvalue weighted by molar-refractivity contribution is -0.143. The molecule has 1 atom stereocenters. The summed E-state index contributed by atoms with van der Waals surface area (Å²) in [5, 5.41) is 10.8. The highest BCUT2D eigenvalue weighted by Gasteiger charge is 2.28. The van der Waals surface area contributed by atoms with E-state index in [9.17, 15) is 9.59 Å². The summed E-state index contributed by atoms with van der Waals surface area (Å²) in [5.74, 6) is -1.25. The zero-order valence-corrected chi connectivity index (χ0v) is 9.57. The summed E-state index contributed by atoms with van der Waals surface area (Å²) in [7, 11) is 0. The Morgan fingerprint density at radius 1 is 1.50 bits per heavy atom. The molecule has 1 fully saturated rings. The molecule has 1 N–H and O–H groups in total. The van der Waals surface area contributed by atoms with E-state index < -0.39 is 11.9 Å². The fourth-order valence-electron chi connectivity index (χ4n) is 1.92. The number of aliphatic carboxylic acids is 1. The molecule has 0 bridgehead atoms. The van der Waals surface area contributed by atoms with Crippen molar-refractivity contribution >= 4 is 23.2 Å². The van der Waals surface area contributed by atoms with Crippen LogP contribution in [-0.2, 0) is 4.79 Å². The highest BCUT2D eigenvalue weighted by molar-refractivity contribution is 7.12. The number of carbonyl (C=O) groups is 2. The van der Waals surface area contributed by atoms with E-state index in [0.29, 0.717) is 24.4 Å². The topological polar surface area (TPSA) is 57.6 Å². The largest absolute Gasteiger partial charge is 0.481 e. The number of carboxylic acids is 1. The molecule has 0 aliphatic carbocycles. The van der Waals surface area contributed by atoms with Crippen LogP contribution >= 0.6 is 11.3 Å². The SMILES string of the molecule is O=C(O)[C@H]1CCCN(C(=O)c2cccs2)C1. The van der Waals surface area contributed by atoms with Crippen molar-refractivity contribution in [2.45, 2.75) is 12.8 Å². The zero-order chi connectivity index (χ0) is 11.5. The van der Waals surface area contributed by atoms with Crippen molar-refractivity contribution in [3.8, 4) is 0 Å². The standard InChI is InChI=1S/C11H13NO3S/c13-10(9-4-2-6-16-9)12-5-1-3-8(7-12)11(14)15/h2,4,6,8H,1,3,5,7H2,(H,14,15)/t8-/m0/s1. The molecule has 1 aliphatic heterocycles. The fourth-order valence-corrected chi connectivity index (χ4v) is 2.61. The molecule has 16 heavy (non-hydrogen) atoms. The molecule has 1 saturated heterocycles. The van der Waals surface area contributed by atoms with Gasteiger partial charge in [0.1, 0.15) is 0 Å². The Bertz CT molecular complexity index is 388.